The third-order valence-corrected chi connectivity index (χ3v) is 5.33. The maximum absolute atomic E-state index is 12.5. The number of nitrogens with zero attached hydrogens (tertiary/aromatic N) is 4. The number of aromatic nitrogens is 1. The van der Waals surface area contributed by atoms with E-state index in [0.717, 1.165) is 58.0 Å². The van der Waals surface area contributed by atoms with Crippen molar-refractivity contribution >= 4 is 17.4 Å². The van der Waals surface area contributed by atoms with E-state index in [1.807, 2.05) is 17.0 Å². The maximum Gasteiger partial charge on any atom is 0.317 e. The fourth-order valence-electron chi connectivity index (χ4n) is 3.74. The SMILES string of the molecule is O=C(NCc1ccncc1)N1CCN(c2ccccc2N2CCOCC2)CC1. The molecule has 0 saturated carbocycles. The van der Waals surface area contributed by atoms with E-state index in [1.54, 1.807) is 12.4 Å². The van der Waals surface area contributed by atoms with Crippen LogP contribution < -0.4 is 15.1 Å². The summed E-state index contributed by atoms with van der Waals surface area (Å²) in [5, 5.41) is 3.00. The molecular weight excluding hydrogens is 354 g/mol. The smallest absolute Gasteiger partial charge is 0.317 e. The summed E-state index contributed by atoms with van der Waals surface area (Å²) in [6.07, 6.45) is 3.48. The van der Waals surface area contributed by atoms with Crippen LogP contribution in [0.2, 0.25) is 0 Å². The number of anilines is 2. The Morgan fingerprint density at radius 1 is 0.893 bits per heavy atom. The Kier molecular flexibility index (Phi) is 5.92. The molecule has 2 aromatic rings. The van der Waals surface area contributed by atoms with Gasteiger partial charge in [0.25, 0.3) is 0 Å². The van der Waals surface area contributed by atoms with Crippen LogP contribution in [0.5, 0.6) is 0 Å². The molecule has 2 aliphatic heterocycles. The summed E-state index contributed by atoms with van der Waals surface area (Å²) in [5.41, 5.74) is 3.57. The van der Waals surface area contributed by atoms with Gasteiger partial charge in [-0.25, -0.2) is 4.79 Å². The van der Waals surface area contributed by atoms with E-state index in [9.17, 15) is 4.79 Å². The fourth-order valence-corrected chi connectivity index (χ4v) is 3.74. The number of para-hydroxylation sites is 2. The van der Waals surface area contributed by atoms with Crippen molar-refractivity contribution in [3.63, 3.8) is 0 Å². The first-order chi connectivity index (χ1) is 13.8. The first kappa shape index (κ1) is 18.6. The van der Waals surface area contributed by atoms with Crippen LogP contribution in [0, 0.1) is 0 Å². The zero-order chi connectivity index (χ0) is 19.2. The molecule has 1 N–H and O–H groups in total. The number of hydrogen-bond acceptors (Lipinski definition) is 5. The minimum atomic E-state index is -0.00192. The lowest BCUT2D eigenvalue weighted by Gasteiger charge is -2.39. The molecule has 0 atom stereocenters. The van der Waals surface area contributed by atoms with Crippen LogP contribution in [0.25, 0.3) is 0 Å². The lowest BCUT2D eigenvalue weighted by atomic mass is 10.2. The minimum Gasteiger partial charge on any atom is -0.378 e. The highest BCUT2D eigenvalue weighted by atomic mass is 16.5. The number of ether oxygens (including phenoxy) is 1. The number of pyridine rings is 1. The van der Waals surface area contributed by atoms with Crippen molar-refractivity contribution in [3.8, 4) is 0 Å². The third kappa shape index (κ3) is 4.36. The lowest BCUT2D eigenvalue weighted by Crippen LogP contribution is -2.52. The number of hydrogen-bond donors (Lipinski definition) is 1. The molecule has 0 spiro atoms. The second kappa shape index (κ2) is 8.93. The van der Waals surface area contributed by atoms with Gasteiger partial charge in [-0.05, 0) is 29.8 Å². The van der Waals surface area contributed by atoms with Gasteiger partial charge in [0.2, 0.25) is 0 Å². The molecule has 3 heterocycles. The molecule has 2 aliphatic rings. The normalized spacial score (nSPS) is 17.5. The molecular formula is C21H27N5O2. The second-order valence-corrected chi connectivity index (χ2v) is 7.08. The number of morpholine rings is 1. The standard InChI is InChI=1S/C21H27N5O2/c27-21(23-17-18-5-7-22-8-6-18)26-11-9-24(10-12-26)19-3-1-2-4-20(19)25-13-15-28-16-14-25/h1-8H,9-17H2,(H,23,27). The topological polar surface area (TPSA) is 60.9 Å². The quantitative estimate of drug-likeness (QED) is 0.877. The maximum atomic E-state index is 12.5. The number of nitrogens with one attached hydrogen (secondary N) is 1. The summed E-state index contributed by atoms with van der Waals surface area (Å²) < 4.78 is 5.49. The number of piperazine rings is 1. The third-order valence-electron chi connectivity index (χ3n) is 5.33. The summed E-state index contributed by atoms with van der Waals surface area (Å²) in [4.78, 5) is 23.2. The fraction of sp³-hybridized carbons (Fsp3) is 0.429. The Morgan fingerprint density at radius 3 is 2.14 bits per heavy atom. The number of amides is 2. The summed E-state index contributed by atoms with van der Waals surface area (Å²) in [6.45, 7) is 7.05. The highest BCUT2D eigenvalue weighted by molar-refractivity contribution is 5.75. The first-order valence-corrected chi connectivity index (χ1v) is 9.89. The summed E-state index contributed by atoms with van der Waals surface area (Å²) in [7, 11) is 0. The molecule has 0 unspecified atom stereocenters. The van der Waals surface area contributed by atoms with Crippen molar-refractivity contribution < 1.29 is 9.53 Å². The Morgan fingerprint density at radius 2 is 1.50 bits per heavy atom. The van der Waals surface area contributed by atoms with E-state index in [0.29, 0.717) is 6.54 Å². The molecule has 28 heavy (non-hydrogen) atoms. The van der Waals surface area contributed by atoms with Crippen LogP contribution in [-0.4, -0.2) is 68.4 Å². The molecule has 4 rings (SSSR count). The van der Waals surface area contributed by atoms with Gasteiger partial charge >= 0.3 is 6.03 Å². The average Bonchev–Trinajstić information content (AvgIpc) is 2.79. The predicted octanol–water partition coefficient (Wildman–Crippen LogP) is 1.95. The van der Waals surface area contributed by atoms with Gasteiger partial charge in [0.05, 0.1) is 24.6 Å². The molecule has 1 aromatic carbocycles. The molecule has 7 nitrogen and oxygen atoms in total. The Labute approximate surface area is 165 Å². The number of carbonyl (C=O) groups is 1. The van der Waals surface area contributed by atoms with E-state index < -0.39 is 0 Å². The van der Waals surface area contributed by atoms with Gasteiger partial charge in [-0.15, -0.1) is 0 Å². The molecule has 1 aromatic heterocycles. The van der Waals surface area contributed by atoms with Gasteiger partial charge in [-0.1, -0.05) is 12.1 Å². The number of urea groups is 1. The van der Waals surface area contributed by atoms with E-state index in [4.69, 9.17) is 4.74 Å². The van der Waals surface area contributed by atoms with Crippen LogP contribution >= 0.6 is 0 Å². The first-order valence-electron chi connectivity index (χ1n) is 9.89. The molecule has 2 fully saturated rings. The molecule has 0 bridgehead atoms. The number of rotatable bonds is 4. The summed E-state index contributed by atoms with van der Waals surface area (Å²) >= 11 is 0. The Balaban J connectivity index is 1.33. The highest BCUT2D eigenvalue weighted by Crippen LogP contribution is 2.30. The van der Waals surface area contributed by atoms with Crippen LogP contribution in [0.1, 0.15) is 5.56 Å². The predicted molar refractivity (Wildman–Crippen MR) is 110 cm³/mol. The molecule has 0 aliphatic carbocycles. The highest BCUT2D eigenvalue weighted by Gasteiger charge is 2.24. The molecule has 7 heteroatoms. The second-order valence-electron chi connectivity index (χ2n) is 7.08. The molecule has 0 radical (unpaired) electrons. The lowest BCUT2D eigenvalue weighted by molar-refractivity contribution is 0.122. The van der Waals surface area contributed by atoms with E-state index in [1.165, 1.54) is 11.4 Å². The van der Waals surface area contributed by atoms with Gasteiger partial charge in [0.1, 0.15) is 0 Å². The van der Waals surface area contributed by atoms with Gasteiger partial charge in [0.15, 0.2) is 0 Å². The van der Waals surface area contributed by atoms with Crippen molar-refractivity contribution in [2.75, 3.05) is 62.3 Å². The minimum absolute atomic E-state index is 0.00192. The summed E-state index contributed by atoms with van der Waals surface area (Å²) in [6, 6.07) is 12.4. The van der Waals surface area contributed by atoms with Crippen LogP contribution in [0.3, 0.4) is 0 Å². The van der Waals surface area contributed by atoms with E-state index >= 15 is 0 Å². The van der Waals surface area contributed by atoms with E-state index in [-0.39, 0.29) is 6.03 Å². The van der Waals surface area contributed by atoms with Crippen molar-refractivity contribution in [2.24, 2.45) is 0 Å². The van der Waals surface area contributed by atoms with Gasteiger partial charge < -0.3 is 24.8 Å². The van der Waals surface area contributed by atoms with Crippen molar-refractivity contribution in [1.82, 2.24) is 15.2 Å². The average molecular weight is 381 g/mol. The monoisotopic (exact) mass is 381 g/mol. The zero-order valence-electron chi connectivity index (χ0n) is 16.1. The van der Waals surface area contributed by atoms with Gasteiger partial charge in [0, 0.05) is 58.2 Å². The number of benzene rings is 1. The zero-order valence-corrected chi connectivity index (χ0v) is 16.1. The van der Waals surface area contributed by atoms with Crippen molar-refractivity contribution in [1.29, 1.82) is 0 Å². The summed E-state index contributed by atoms with van der Waals surface area (Å²) in [5.74, 6) is 0. The van der Waals surface area contributed by atoms with Gasteiger partial charge in [-0.2, -0.15) is 0 Å². The van der Waals surface area contributed by atoms with Crippen LogP contribution in [0.4, 0.5) is 16.2 Å². The molecule has 2 saturated heterocycles. The van der Waals surface area contributed by atoms with Crippen LogP contribution in [-0.2, 0) is 11.3 Å². The molecule has 2 amide bonds. The van der Waals surface area contributed by atoms with E-state index in [2.05, 4.69) is 44.4 Å². The van der Waals surface area contributed by atoms with Crippen molar-refractivity contribution in [2.45, 2.75) is 6.54 Å². The van der Waals surface area contributed by atoms with Gasteiger partial charge in [-0.3, -0.25) is 4.98 Å². The Bertz CT molecular complexity index is 771. The van der Waals surface area contributed by atoms with Crippen LogP contribution in [0.15, 0.2) is 48.8 Å². The Hall–Kier alpha value is -2.80. The van der Waals surface area contributed by atoms with Crippen molar-refractivity contribution in [3.05, 3.63) is 54.4 Å². The number of carbonyl (C=O) groups excluding carboxylic acids is 1. The molecule has 148 valence electrons. The largest absolute Gasteiger partial charge is 0.378 e.